The summed E-state index contributed by atoms with van der Waals surface area (Å²) in [5, 5.41) is 4.39. The van der Waals surface area contributed by atoms with Crippen LogP contribution in [0.4, 0.5) is 0 Å². The Morgan fingerprint density at radius 2 is 1.86 bits per heavy atom. The number of fused-ring (bicyclic) bond motifs is 1. The van der Waals surface area contributed by atoms with E-state index in [9.17, 15) is 0 Å². The Hall–Kier alpha value is -1.36. The second-order valence-corrected chi connectivity index (χ2v) is 6.96. The first-order valence-electron chi connectivity index (χ1n) is 6.78. The highest BCUT2D eigenvalue weighted by atomic mass is 79.9. The molecule has 2 N–H and O–H groups in total. The summed E-state index contributed by atoms with van der Waals surface area (Å²) in [6.07, 6.45) is -0.113. The van der Waals surface area contributed by atoms with Crippen LogP contribution in [0.3, 0.4) is 0 Å². The Bertz CT molecular complexity index is 740. The van der Waals surface area contributed by atoms with Crippen molar-refractivity contribution >= 4 is 38.0 Å². The zero-order valence-electron chi connectivity index (χ0n) is 11.6. The number of rotatable bonds is 4. The van der Waals surface area contributed by atoms with Crippen molar-refractivity contribution in [2.75, 3.05) is 0 Å². The molecule has 0 spiro atoms. The third-order valence-corrected chi connectivity index (χ3v) is 4.76. The van der Waals surface area contributed by atoms with Crippen LogP contribution in [0, 0.1) is 0 Å². The summed E-state index contributed by atoms with van der Waals surface area (Å²) in [5.41, 5.74) is 6.08. The molecule has 1 heterocycles. The van der Waals surface area contributed by atoms with Gasteiger partial charge in [0.25, 0.3) is 0 Å². The van der Waals surface area contributed by atoms with E-state index >= 15 is 0 Å². The van der Waals surface area contributed by atoms with Crippen molar-refractivity contribution in [1.82, 2.24) is 0 Å². The molecule has 2 unspecified atom stereocenters. The second kappa shape index (κ2) is 6.18. The van der Waals surface area contributed by atoms with Crippen LogP contribution in [0.2, 0.25) is 0 Å². The van der Waals surface area contributed by atoms with Crippen molar-refractivity contribution in [1.29, 1.82) is 0 Å². The van der Waals surface area contributed by atoms with Crippen LogP contribution >= 0.6 is 27.3 Å². The van der Waals surface area contributed by atoms with Crippen molar-refractivity contribution in [2.24, 2.45) is 5.73 Å². The lowest BCUT2D eigenvalue weighted by Gasteiger charge is -2.21. The highest BCUT2D eigenvalue weighted by molar-refractivity contribution is 9.10. The molecule has 2 atom stereocenters. The summed E-state index contributed by atoms with van der Waals surface area (Å²) in [6.45, 7) is 1.97. The maximum absolute atomic E-state index is 6.13. The normalized spacial score (nSPS) is 14.0. The molecular weight excluding hydrogens is 346 g/mol. The first-order chi connectivity index (χ1) is 10.1. The summed E-state index contributed by atoms with van der Waals surface area (Å²) in [5.74, 6) is 0.848. The fraction of sp³-hybridized carbons (Fsp3) is 0.176. The molecule has 0 aliphatic rings. The fourth-order valence-corrected chi connectivity index (χ4v) is 3.54. The molecule has 0 saturated heterocycles. The quantitative estimate of drug-likeness (QED) is 0.698. The molecule has 108 valence electrons. The van der Waals surface area contributed by atoms with Gasteiger partial charge in [-0.05, 0) is 53.4 Å². The smallest absolute Gasteiger partial charge is 0.148 e. The lowest BCUT2D eigenvalue weighted by Crippen LogP contribution is -2.28. The average molecular weight is 362 g/mol. The highest BCUT2D eigenvalue weighted by Gasteiger charge is 2.19. The van der Waals surface area contributed by atoms with Crippen LogP contribution < -0.4 is 10.5 Å². The predicted molar refractivity (Wildman–Crippen MR) is 93.0 cm³/mol. The predicted octanol–water partition coefficient (Wildman–Crippen LogP) is 5.13. The number of ether oxygens (including phenoxy) is 1. The standard InChI is InChI=1S/C17H16BrNOS/c1-11(19)17(16-3-2-8-21-16)20-15-7-5-12-9-14(18)6-4-13(12)10-15/h2-11,17H,19H2,1H3. The first-order valence-corrected chi connectivity index (χ1v) is 8.46. The Balaban J connectivity index is 1.91. The Morgan fingerprint density at radius 3 is 2.57 bits per heavy atom. The van der Waals surface area contributed by atoms with Gasteiger partial charge in [0.05, 0.1) is 0 Å². The molecule has 0 saturated carbocycles. The van der Waals surface area contributed by atoms with E-state index in [0.717, 1.165) is 20.5 Å². The summed E-state index contributed by atoms with van der Waals surface area (Å²) >= 11 is 5.16. The summed E-state index contributed by atoms with van der Waals surface area (Å²) in [4.78, 5) is 1.15. The molecule has 21 heavy (non-hydrogen) atoms. The number of thiophene rings is 1. The number of nitrogens with two attached hydrogens (primary N) is 1. The van der Waals surface area contributed by atoms with E-state index in [1.54, 1.807) is 11.3 Å². The molecule has 0 aliphatic heterocycles. The molecule has 4 heteroatoms. The number of hydrogen-bond donors (Lipinski definition) is 1. The van der Waals surface area contributed by atoms with Gasteiger partial charge in [0.2, 0.25) is 0 Å². The molecule has 0 amide bonds. The summed E-state index contributed by atoms with van der Waals surface area (Å²) < 4.78 is 7.21. The van der Waals surface area contributed by atoms with E-state index in [0.29, 0.717) is 0 Å². The van der Waals surface area contributed by atoms with E-state index in [4.69, 9.17) is 10.5 Å². The van der Waals surface area contributed by atoms with Crippen LogP contribution in [-0.2, 0) is 0 Å². The zero-order chi connectivity index (χ0) is 14.8. The molecule has 0 bridgehead atoms. The topological polar surface area (TPSA) is 35.2 Å². The molecule has 2 aromatic carbocycles. The van der Waals surface area contributed by atoms with Crippen LogP contribution in [0.5, 0.6) is 5.75 Å². The van der Waals surface area contributed by atoms with Crippen LogP contribution in [0.25, 0.3) is 10.8 Å². The van der Waals surface area contributed by atoms with Crippen molar-refractivity contribution in [2.45, 2.75) is 19.1 Å². The van der Waals surface area contributed by atoms with Gasteiger partial charge < -0.3 is 10.5 Å². The van der Waals surface area contributed by atoms with Gasteiger partial charge in [0.1, 0.15) is 11.9 Å². The van der Waals surface area contributed by atoms with Crippen molar-refractivity contribution in [3.8, 4) is 5.75 Å². The van der Waals surface area contributed by atoms with Gasteiger partial charge in [-0.15, -0.1) is 11.3 Å². The van der Waals surface area contributed by atoms with E-state index in [-0.39, 0.29) is 12.1 Å². The number of halogens is 1. The third-order valence-electron chi connectivity index (χ3n) is 3.34. The monoisotopic (exact) mass is 361 g/mol. The van der Waals surface area contributed by atoms with Gasteiger partial charge in [-0.25, -0.2) is 0 Å². The molecular formula is C17H16BrNOS. The molecule has 1 aromatic heterocycles. The maximum atomic E-state index is 6.13. The Kier molecular flexibility index (Phi) is 4.29. The van der Waals surface area contributed by atoms with E-state index < -0.39 is 0 Å². The Labute approximate surface area is 136 Å². The van der Waals surface area contributed by atoms with E-state index in [1.165, 1.54) is 5.39 Å². The van der Waals surface area contributed by atoms with E-state index in [2.05, 4.69) is 46.3 Å². The molecule has 3 aromatic rings. The minimum absolute atomic E-state index is 0.0655. The maximum Gasteiger partial charge on any atom is 0.148 e. The first kappa shape index (κ1) is 14.6. The number of benzene rings is 2. The van der Waals surface area contributed by atoms with Crippen molar-refractivity contribution < 1.29 is 4.74 Å². The zero-order valence-corrected chi connectivity index (χ0v) is 14.0. The minimum atomic E-state index is -0.113. The van der Waals surface area contributed by atoms with Crippen molar-refractivity contribution in [3.05, 3.63) is 63.3 Å². The SMILES string of the molecule is CC(N)C(Oc1ccc2cc(Br)ccc2c1)c1cccs1. The lowest BCUT2D eigenvalue weighted by molar-refractivity contribution is 0.184. The molecule has 0 radical (unpaired) electrons. The molecule has 3 rings (SSSR count). The largest absolute Gasteiger partial charge is 0.483 e. The molecule has 0 aliphatic carbocycles. The van der Waals surface area contributed by atoms with Crippen LogP contribution in [0.15, 0.2) is 58.4 Å². The van der Waals surface area contributed by atoms with Gasteiger partial charge in [-0.2, -0.15) is 0 Å². The van der Waals surface area contributed by atoms with Gasteiger partial charge >= 0.3 is 0 Å². The lowest BCUT2D eigenvalue weighted by atomic mass is 10.1. The van der Waals surface area contributed by atoms with Gasteiger partial charge in [0.15, 0.2) is 0 Å². The average Bonchev–Trinajstić information content (AvgIpc) is 2.98. The van der Waals surface area contributed by atoms with Gasteiger partial charge in [0, 0.05) is 15.4 Å². The second-order valence-electron chi connectivity index (χ2n) is 5.07. The summed E-state index contributed by atoms with van der Waals surface area (Å²) in [6, 6.07) is 16.4. The fourth-order valence-electron chi connectivity index (χ4n) is 2.29. The Morgan fingerprint density at radius 1 is 1.10 bits per heavy atom. The van der Waals surface area contributed by atoms with Crippen molar-refractivity contribution in [3.63, 3.8) is 0 Å². The van der Waals surface area contributed by atoms with Crippen LogP contribution in [-0.4, -0.2) is 6.04 Å². The third kappa shape index (κ3) is 3.28. The number of hydrogen-bond acceptors (Lipinski definition) is 3. The van der Waals surface area contributed by atoms with Gasteiger partial charge in [-0.3, -0.25) is 0 Å². The molecule has 0 fully saturated rings. The minimum Gasteiger partial charge on any atom is -0.483 e. The highest BCUT2D eigenvalue weighted by Crippen LogP contribution is 2.30. The van der Waals surface area contributed by atoms with E-state index in [1.807, 2.05) is 30.5 Å². The van der Waals surface area contributed by atoms with Crippen LogP contribution in [0.1, 0.15) is 17.9 Å². The summed E-state index contributed by atoms with van der Waals surface area (Å²) in [7, 11) is 0. The van der Waals surface area contributed by atoms with Gasteiger partial charge in [-0.1, -0.05) is 34.1 Å². The molecule has 2 nitrogen and oxygen atoms in total.